The Hall–Kier alpha value is -4.80. The minimum Gasteiger partial charge on any atom is -0.480 e. The lowest BCUT2D eigenvalue weighted by Crippen LogP contribution is -2.65. The minimum absolute atomic E-state index is 0.0427. The molecule has 6 rings (SSSR count). The Labute approximate surface area is 273 Å². The number of hydrogen-bond acceptors (Lipinski definition) is 7. The van der Waals surface area contributed by atoms with Gasteiger partial charge in [0.15, 0.2) is 5.66 Å². The number of hydrogen-bond donors (Lipinski definition) is 4. The van der Waals surface area contributed by atoms with Crippen molar-refractivity contribution in [2.45, 2.75) is 64.7 Å². The molecule has 0 spiro atoms. The number of carboxylic acids is 2. The zero-order chi connectivity index (χ0) is 33.7. The predicted octanol–water partition coefficient (Wildman–Crippen LogP) is 6.37. The van der Waals surface area contributed by atoms with Gasteiger partial charge in [-0.3, -0.25) is 25.3 Å². The van der Waals surface area contributed by atoms with Gasteiger partial charge in [0.2, 0.25) is 0 Å². The second-order valence-electron chi connectivity index (χ2n) is 13.6. The number of benzene rings is 3. The number of aryl methyl sites for hydroxylation is 1. The number of aromatic nitrogens is 1. The smallest absolute Gasteiger partial charge is 0.411 e. The van der Waals surface area contributed by atoms with Crippen molar-refractivity contribution in [1.29, 1.82) is 0 Å². The van der Waals surface area contributed by atoms with E-state index in [-0.39, 0.29) is 32.0 Å². The van der Waals surface area contributed by atoms with Crippen LogP contribution in [0.3, 0.4) is 0 Å². The largest absolute Gasteiger partial charge is 0.480 e. The van der Waals surface area contributed by atoms with E-state index in [2.05, 4.69) is 39.9 Å². The summed E-state index contributed by atoms with van der Waals surface area (Å²) in [5.74, 6) is -2.41. The summed E-state index contributed by atoms with van der Waals surface area (Å²) in [6.07, 6.45) is -0.550. The second kappa shape index (κ2) is 11.8. The third-order valence-electron chi connectivity index (χ3n) is 9.89. The fraction of sp³-hybridized carbons (Fsp3) is 0.351. The number of nitrogens with one attached hydrogen (secondary N) is 2. The van der Waals surface area contributed by atoms with Gasteiger partial charge in [-0.25, -0.2) is 9.59 Å². The Kier molecular flexibility index (Phi) is 8.05. The van der Waals surface area contributed by atoms with Gasteiger partial charge in [0, 0.05) is 30.1 Å². The number of amides is 1. The average molecular weight is 637 g/mol. The number of carbonyl (C=O) groups excluding carboxylic acids is 1. The number of anilines is 1. The molecule has 0 saturated carbocycles. The summed E-state index contributed by atoms with van der Waals surface area (Å²) in [6, 6.07) is 23.6. The van der Waals surface area contributed by atoms with Gasteiger partial charge in [-0.05, 0) is 64.8 Å². The van der Waals surface area contributed by atoms with Crippen molar-refractivity contribution < 1.29 is 29.3 Å². The van der Waals surface area contributed by atoms with Gasteiger partial charge >= 0.3 is 18.0 Å². The number of nitrogens with zero attached hydrogens (tertiary/aromatic N) is 2. The van der Waals surface area contributed by atoms with E-state index >= 15 is 0 Å². The molecule has 244 valence electrons. The van der Waals surface area contributed by atoms with Crippen LogP contribution in [0, 0.1) is 12.3 Å². The van der Waals surface area contributed by atoms with E-state index in [9.17, 15) is 24.6 Å². The molecule has 1 aromatic heterocycles. The van der Waals surface area contributed by atoms with Crippen molar-refractivity contribution in [3.8, 4) is 11.1 Å². The second-order valence-corrected chi connectivity index (χ2v) is 13.6. The summed E-state index contributed by atoms with van der Waals surface area (Å²) in [4.78, 5) is 45.4. The van der Waals surface area contributed by atoms with Crippen LogP contribution in [0.15, 0.2) is 72.8 Å². The van der Waals surface area contributed by atoms with Gasteiger partial charge in [-0.15, -0.1) is 0 Å². The highest BCUT2D eigenvalue weighted by Crippen LogP contribution is 2.45. The maximum Gasteiger partial charge on any atom is 0.411 e. The van der Waals surface area contributed by atoms with Crippen LogP contribution in [-0.4, -0.2) is 62.5 Å². The van der Waals surface area contributed by atoms with Crippen LogP contribution < -0.4 is 10.6 Å². The number of ether oxygens (including phenoxy) is 1. The maximum absolute atomic E-state index is 13.4. The van der Waals surface area contributed by atoms with Crippen molar-refractivity contribution in [1.82, 2.24) is 15.2 Å². The lowest BCUT2D eigenvalue weighted by atomic mass is 9.73. The van der Waals surface area contributed by atoms with Crippen molar-refractivity contribution >= 4 is 34.6 Å². The molecule has 0 radical (unpaired) electrons. The molecular weight excluding hydrogens is 596 g/mol. The zero-order valence-electron chi connectivity index (χ0n) is 27.3. The minimum atomic E-state index is -1.66. The van der Waals surface area contributed by atoms with E-state index in [0.717, 1.165) is 33.3 Å². The first-order chi connectivity index (χ1) is 22.3. The normalized spacial score (nSPS) is 21.0. The molecule has 2 heterocycles. The van der Waals surface area contributed by atoms with Crippen LogP contribution in [0.5, 0.6) is 0 Å². The molecule has 2 atom stereocenters. The summed E-state index contributed by atoms with van der Waals surface area (Å²) >= 11 is 0. The van der Waals surface area contributed by atoms with E-state index in [1.807, 2.05) is 49.4 Å². The molecule has 4 N–H and O–H groups in total. The lowest BCUT2D eigenvalue weighted by Gasteiger charge is -2.39. The molecule has 3 aromatic carbocycles. The Balaban J connectivity index is 1.32. The number of carboxylic acid groups (broad SMARTS) is 2. The highest BCUT2D eigenvalue weighted by atomic mass is 16.5. The molecule has 1 aliphatic heterocycles. The Bertz CT molecular complexity index is 1860. The molecule has 0 bridgehead atoms. The van der Waals surface area contributed by atoms with Gasteiger partial charge in [0.1, 0.15) is 12.1 Å². The number of pyridine rings is 1. The summed E-state index contributed by atoms with van der Waals surface area (Å²) in [7, 11) is 0. The van der Waals surface area contributed by atoms with Crippen molar-refractivity contribution in [3.05, 3.63) is 95.2 Å². The quantitative estimate of drug-likeness (QED) is 0.174. The molecule has 1 fully saturated rings. The summed E-state index contributed by atoms with van der Waals surface area (Å²) < 4.78 is 5.85. The van der Waals surface area contributed by atoms with Gasteiger partial charge in [-0.1, -0.05) is 82.3 Å². The van der Waals surface area contributed by atoms with E-state index < -0.39 is 34.6 Å². The van der Waals surface area contributed by atoms with Crippen molar-refractivity contribution in [2.75, 3.05) is 18.5 Å². The first-order valence-corrected chi connectivity index (χ1v) is 15.8. The van der Waals surface area contributed by atoms with E-state index in [1.54, 1.807) is 38.7 Å². The van der Waals surface area contributed by atoms with Crippen LogP contribution in [0.1, 0.15) is 62.4 Å². The van der Waals surface area contributed by atoms with Crippen LogP contribution in [0.2, 0.25) is 0 Å². The van der Waals surface area contributed by atoms with Crippen LogP contribution in [-0.2, 0) is 20.9 Å². The molecule has 1 aliphatic carbocycles. The topological polar surface area (TPSA) is 141 Å². The van der Waals surface area contributed by atoms with Gasteiger partial charge < -0.3 is 14.9 Å². The van der Waals surface area contributed by atoms with E-state index in [1.165, 1.54) is 0 Å². The van der Waals surface area contributed by atoms with Gasteiger partial charge in [-0.2, -0.15) is 0 Å². The Morgan fingerprint density at radius 1 is 0.979 bits per heavy atom. The maximum atomic E-state index is 13.4. The standard InChI is InChI=1S/C37H40N4O6/c1-6-37(33(44)45)40-36(32(42)43,35(3,4)5)21-41(37)19-24-17-23-16-15-22(2)38-30(23)18-31(24)39-34(46)47-20-29-27-13-9-7-11-25(27)26-12-8-10-14-28(26)29/h7-18,29,40H,6,19-21H2,1-5H3,(H,39,46)(H,42,43)(H,44,45). The SMILES string of the molecule is CCC1(C(=O)O)NC(C(=O)O)(C(C)(C)C)CN1Cc1cc2ccc(C)nc2cc1NC(=O)OCC1c2ccccc2-c2ccccc21. The fourth-order valence-corrected chi connectivity index (χ4v) is 7.12. The van der Waals surface area contributed by atoms with Gasteiger partial charge in [0.05, 0.1) is 11.2 Å². The number of carbonyl (C=O) groups is 3. The predicted molar refractivity (Wildman–Crippen MR) is 179 cm³/mol. The molecule has 10 nitrogen and oxygen atoms in total. The molecule has 2 unspecified atom stereocenters. The number of aliphatic carboxylic acids is 2. The summed E-state index contributed by atoms with van der Waals surface area (Å²) in [6.45, 7) is 9.05. The van der Waals surface area contributed by atoms with Gasteiger partial charge in [0.25, 0.3) is 0 Å². The average Bonchev–Trinajstić information content (AvgIpc) is 3.55. The number of fused-ring (bicyclic) bond motifs is 4. The molecule has 47 heavy (non-hydrogen) atoms. The molecule has 4 aromatic rings. The first-order valence-electron chi connectivity index (χ1n) is 15.8. The van der Waals surface area contributed by atoms with Crippen molar-refractivity contribution in [3.63, 3.8) is 0 Å². The molecule has 2 aliphatic rings. The first kappa shape index (κ1) is 32.2. The summed E-state index contributed by atoms with van der Waals surface area (Å²) in [5.41, 5.74) is 2.88. The molecule has 10 heteroatoms. The molecule has 1 saturated heterocycles. The monoisotopic (exact) mass is 636 g/mol. The fourth-order valence-electron chi connectivity index (χ4n) is 7.12. The van der Waals surface area contributed by atoms with Crippen LogP contribution in [0.4, 0.5) is 10.5 Å². The highest BCUT2D eigenvalue weighted by molar-refractivity contribution is 5.92. The molecular formula is C37H40N4O6. The Morgan fingerprint density at radius 3 is 2.19 bits per heavy atom. The number of rotatable bonds is 8. The lowest BCUT2D eigenvalue weighted by molar-refractivity contribution is -0.153. The van der Waals surface area contributed by atoms with E-state index in [0.29, 0.717) is 16.8 Å². The zero-order valence-corrected chi connectivity index (χ0v) is 27.3. The Morgan fingerprint density at radius 2 is 1.62 bits per heavy atom. The van der Waals surface area contributed by atoms with E-state index in [4.69, 9.17) is 4.74 Å². The third kappa shape index (κ3) is 5.41. The van der Waals surface area contributed by atoms with Crippen LogP contribution >= 0.6 is 0 Å². The third-order valence-corrected chi connectivity index (χ3v) is 9.89. The molecule has 1 amide bonds. The highest BCUT2D eigenvalue weighted by Gasteiger charge is 2.64. The summed E-state index contributed by atoms with van der Waals surface area (Å²) in [5, 5.41) is 27.7. The van der Waals surface area contributed by atoms with Crippen LogP contribution in [0.25, 0.3) is 22.0 Å². The van der Waals surface area contributed by atoms with Crippen molar-refractivity contribution in [2.24, 2.45) is 5.41 Å².